The summed E-state index contributed by atoms with van der Waals surface area (Å²) >= 11 is 0. The smallest absolute Gasteiger partial charge is 0.337 e. The summed E-state index contributed by atoms with van der Waals surface area (Å²) in [4.78, 5) is 20.7. The summed E-state index contributed by atoms with van der Waals surface area (Å²) in [5.41, 5.74) is 0.107. The number of anilines is 1. The van der Waals surface area contributed by atoms with E-state index in [1.807, 2.05) is 0 Å². The molecule has 0 radical (unpaired) electrons. The standard InChI is InChI=1S/C10H9NO4/c12-7-3-6-11(15)9-5-2-1-4-8(9)10(13)14/h1-5,15H,6H2,(H,13,14). The molecule has 0 saturated heterocycles. The van der Waals surface area contributed by atoms with E-state index in [0.29, 0.717) is 5.06 Å². The van der Waals surface area contributed by atoms with Crippen LogP contribution in [0.15, 0.2) is 30.3 Å². The Kier molecular flexibility index (Phi) is 3.62. The second-order valence-corrected chi connectivity index (χ2v) is 2.73. The summed E-state index contributed by atoms with van der Waals surface area (Å²) in [5, 5.41) is 18.9. The van der Waals surface area contributed by atoms with Crippen LogP contribution in [-0.2, 0) is 4.79 Å². The first kappa shape index (κ1) is 11.0. The van der Waals surface area contributed by atoms with Gasteiger partial charge in [0.25, 0.3) is 0 Å². The van der Waals surface area contributed by atoms with Crippen LogP contribution in [0.4, 0.5) is 5.69 Å². The number of hydrogen-bond donors (Lipinski definition) is 2. The van der Waals surface area contributed by atoms with E-state index in [1.165, 1.54) is 18.1 Å². The third kappa shape index (κ3) is 2.67. The molecule has 5 heteroatoms. The number of aromatic carboxylic acids is 1. The van der Waals surface area contributed by atoms with Gasteiger partial charge in [-0.15, -0.1) is 0 Å². The normalized spacial score (nSPS) is 9.13. The summed E-state index contributed by atoms with van der Waals surface area (Å²) < 4.78 is 0. The number of benzene rings is 1. The van der Waals surface area contributed by atoms with Gasteiger partial charge in [-0.3, -0.25) is 10.3 Å². The Hall–Kier alpha value is -2.10. The minimum atomic E-state index is -1.14. The van der Waals surface area contributed by atoms with Crippen LogP contribution < -0.4 is 5.06 Å². The Labute approximate surface area is 85.8 Å². The molecule has 0 amide bonds. The number of nitrogens with zero attached hydrogens (tertiary/aromatic N) is 1. The predicted octanol–water partition coefficient (Wildman–Crippen LogP) is 0.968. The quantitative estimate of drug-likeness (QED) is 0.568. The van der Waals surface area contributed by atoms with Crippen molar-refractivity contribution < 1.29 is 19.9 Å². The largest absolute Gasteiger partial charge is 0.478 e. The molecule has 0 saturated carbocycles. The molecule has 1 rings (SSSR count). The van der Waals surface area contributed by atoms with Gasteiger partial charge in [0.2, 0.25) is 0 Å². The molecule has 0 bridgehead atoms. The van der Waals surface area contributed by atoms with Gasteiger partial charge in [-0.1, -0.05) is 12.1 Å². The van der Waals surface area contributed by atoms with Gasteiger partial charge in [-0.05, 0) is 12.1 Å². The van der Waals surface area contributed by atoms with E-state index in [1.54, 1.807) is 12.1 Å². The summed E-state index contributed by atoms with van der Waals surface area (Å²) in [6.45, 7) is -0.103. The topological polar surface area (TPSA) is 77.8 Å². The molecule has 1 aromatic rings. The van der Waals surface area contributed by atoms with Crippen molar-refractivity contribution in [3.8, 4) is 0 Å². The number of rotatable bonds is 4. The lowest BCUT2D eigenvalue weighted by molar-refractivity contribution is 0.0695. The van der Waals surface area contributed by atoms with Crippen LogP contribution in [0.2, 0.25) is 0 Å². The van der Waals surface area contributed by atoms with Gasteiger partial charge in [-0.2, -0.15) is 0 Å². The van der Waals surface area contributed by atoms with Gasteiger partial charge >= 0.3 is 5.97 Å². The highest BCUT2D eigenvalue weighted by Gasteiger charge is 2.12. The minimum absolute atomic E-state index is 0.0284. The molecule has 78 valence electrons. The molecule has 5 nitrogen and oxygen atoms in total. The van der Waals surface area contributed by atoms with Gasteiger partial charge in [0.1, 0.15) is 5.94 Å². The highest BCUT2D eigenvalue weighted by atomic mass is 16.5. The molecule has 0 spiro atoms. The van der Waals surface area contributed by atoms with Gasteiger partial charge in [-0.25, -0.2) is 9.59 Å². The zero-order valence-corrected chi connectivity index (χ0v) is 7.75. The van der Waals surface area contributed by atoms with Crippen molar-refractivity contribution in [1.29, 1.82) is 0 Å². The molecular weight excluding hydrogens is 198 g/mol. The predicted molar refractivity (Wildman–Crippen MR) is 52.8 cm³/mol. The number of para-hydroxylation sites is 1. The van der Waals surface area contributed by atoms with E-state index < -0.39 is 5.97 Å². The van der Waals surface area contributed by atoms with Gasteiger partial charge in [0, 0.05) is 6.08 Å². The maximum absolute atomic E-state index is 10.8. The summed E-state index contributed by atoms with van der Waals surface area (Å²) in [6.07, 6.45) is 1.05. The van der Waals surface area contributed by atoms with E-state index in [4.69, 9.17) is 5.11 Å². The zero-order valence-electron chi connectivity index (χ0n) is 7.75. The van der Waals surface area contributed by atoms with Crippen LogP contribution in [0.25, 0.3) is 0 Å². The van der Waals surface area contributed by atoms with Crippen LogP contribution in [0, 0.1) is 0 Å². The van der Waals surface area contributed by atoms with Crippen molar-refractivity contribution >= 4 is 17.6 Å². The van der Waals surface area contributed by atoms with E-state index in [2.05, 4.69) is 0 Å². The van der Waals surface area contributed by atoms with Crippen LogP contribution in [0.5, 0.6) is 0 Å². The van der Waals surface area contributed by atoms with E-state index in [9.17, 15) is 14.8 Å². The molecule has 2 N–H and O–H groups in total. The lowest BCUT2D eigenvalue weighted by Gasteiger charge is -2.16. The van der Waals surface area contributed by atoms with Crippen molar-refractivity contribution in [2.24, 2.45) is 0 Å². The van der Waals surface area contributed by atoms with Crippen LogP contribution >= 0.6 is 0 Å². The van der Waals surface area contributed by atoms with Crippen LogP contribution in [0.3, 0.4) is 0 Å². The molecular formula is C10H9NO4. The fraction of sp³-hybridized carbons (Fsp3) is 0.100. The summed E-state index contributed by atoms with van der Waals surface area (Å²) in [5.74, 6) is 0.354. The fourth-order valence-corrected chi connectivity index (χ4v) is 1.10. The number of hydrogen-bond acceptors (Lipinski definition) is 4. The molecule has 15 heavy (non-hydrogen) atoms. The number of carboxylic acid groups (broad SMARTS) is 1. The average Bonchev–Trinajstić information content (AvgIpc) is 2.25. The van der Waals surface area contributed by atoms with Crippen molar-refractivity contribution in [1.82, 2.24) is 0 Å². The lowest BCUT2D eigenvalue weighted by Crippen LogP contribution is -2.20. The number of carbonyl (C=O) groups is 1. The lowest BCUT2D eigenvalue weighted by atomic mass is 10.2. The Morgan fingerprint density at radius 1 is 1.47 bits per heavy atom. The third-order valence-corrected chi connectivity index (χ3v) is 1.76. The third-order valence-electron chi connectivity index (χ3n) is 1.76. The molecule has 0 fully saturated rings. The van der Waals surface area contributed by atoms with Gasteiger partial charge in [0.05, 0.1) is 17.8 Å². The second kappa shape index (κ2) is 4.95. The maximum atomic E-state index is 10.8. The van der Waals surface area contributed by atoms with E-state index in [-0.39, 0.29) is 17.8 Å². The minimum Gasteiger partial charge on any atom is -0.478 e. The highest BCUT2D eigenvalue weighted by molar-refractivity contribution is 5.94. The zero-order chi connectivity index (χ0) is 11.3. The van der Waals surface area contributed by atoms with Crippen molar-refractivity contribution in [2.75, 3.05) is 11.6 Å². The Balaban J connectivity index is 3.01. The fourth-order valence-electron chi connectivity index (χ4n) is 1.10. The molecule has 0 heterocycles. The molecule has 0 aliphatic rings. The molecule has 0 unspecified atom stereocenters. The first-order chi connectivity index (χ1) is 7.16. The second-order valence-electron chi connectivity index (χ2n) is 2.73. The highest BCUT2D eigenvalue weighted by Crippen LogP contribution is 2.18. The Morgan fingerprint density at radius 2 is 2.13 bits per heavy atom. The molecule has 0 aromatic heterocycles. The Bertz CT molecular complexity index is 410. The first-order valence-electron chi connectivity index (χ1n) is 4.15. The SMILES string of the molecule is O=C=CCN(O)c1ccccc1C(=O)O. The number of carboxylic acids is 1. The Morgan fingerprint density at radius 3 is 2.73 bits per heavy atom. The molecule has 0 atom stereocenters. The summed E-state index contributed by atoms with van der Waals surface area (Å²) in [6, 6.07) is 5.96. The molecule has 0 aliphatic heterocycles. The van der Waals surface area contributed by atoms with E-state index in [0.717, 1.165) is 6.08 Å². The van der Waals surface area contributed by atoms with E-state index >= 15 is 0 Å². The number of carbonyl (C=O) groups excluding carboxylic acids is 1. The molecule has 0 aliphatic carbocycles. The first-order valence-corrected chi connectivity index (χ1v) is 4.15. The van der Waals surface area contributed by atoms with Crippen LogP contribution in [0.1, 0.15) is 10.4 Å². The van der Waals surface area contributed by atoms with Crippen molar-refractivity contribution in [3.05, 3.63) is 35.9 Å². The average molecular weight is 207 g/mol. The number of hydroxylamine groups is 1. The van der Waals surface area contributed by atoms with Crippen molar-refractivity contribution in [3.63, 3.8) is 0 Å². The monoisotopic (exact) mass is 207 g/mol. The molecule has 1 aromatic carbocycles. The van der Waals surface area contributed by atoms with Gasteiger partial charge < -0.3 is 5.11 Å². The van der Waals surface area contributed by atoms with Crippen molar-refractivity contribution in [2.45, 2.75) is 0 Å². The van der Waals surface area contributed by atoms with Gasteiger partial charge in [0.15, 0.2) is 0 Å². The van der Waals surface area contributed by atoms with Crippen LogP contribution in [-0.4, -0.2) is 28.8 Å². The maximum Gasteiger partial charge on any atom is 0.337 e. The summed E-state index contributed by atoms with van der Waals surface area (Å²) in [7, 11) is 0.